The van der Waals surface area contributed by atoms with Gasteiger partial charge in [-0.3, -0.25) is 10.1 Å². The first kappa shape index (κ1) is 14.8. The lowest BCUT2D eigenvalue weighted by Crippen LogP contribution is -2.62. The van der Waals surface area contributed by atoms with Gasteiger partial charge in [-0.15, -0.1) is 0 Å². The average molecular weight is 258 g/mol. The number of esters is 1. The van der Waals surface area contributed by atoms with Crippen molar-refractivity contribution in [3.63, 3.8) is 0 Å². The molecular weight excluding hydrogens is 236 g/mol. The number of likely N-dealkylation sites (tertiary alicyclic amines) is 1. The van der Waals surface area contributed by atoms with Crippen LogP contribution in [0.5, 0.6) is 0 Å². The Labute approximate surface area is 108 Å². The van der Waals surface area contributed by atoms with E-state index in [-0.39, 0.29) is 24.1 Å². The highest BCUT2D eigenvalue weighted by Crippen LogP contribution is 2.15. The second-order valence-corrected chi connectivity index (χ2v) is 5.49. The lowest BCUT2D eigenvalue weighted by atomic mass is 10.1. The average Bonchev–Trinajstić information content (AvgIpc) is 2.18. The highest BCUT2D eigenvalue weighted by Gasteiger charge is 2.35. The summed E-state index contributed by atoms with van der Waals surface area (Å²) in [4.78, 5) is 24.5. The molecule has 18 heavy (non-hydrogen) atoms. The number of amides is 1. The van der Waals surface area contributed by atoms with Crippen LogP contribution in [0, 0.1) is 0 Å². The molecule has 1 rings (SSSR count). The molecule has 1 heterocycles. The normalized spacial score (nSPS) is 17.9. The Bertz CT molecular complexity index is 319. The standard InChI is InChI=1S/C12H22N2O4/c1-8(10(15)17-5)13-9-6-14(7-9)11(16)18-12(2,3)4/h8-9,13H,6-7H2,1-5H3. The first-order chi connectivity index (χ1) is 8.23. The minimum Gasteiger partial charge on any atom is -0.468 e. The largest absolute Gasteiger partial charge is 0.468 e. The Hall–Kier alpha value is -1.30. The smallest absolute Gasteiger partial charge is 0.410 e. The van der Waals surface area contributed by atoms with Crippen LogP contribution in [0.3, 0.4) is 0 Å². The molecule has 0 saturated carbocycles. The molecule has 1 fully saturated rings. The van der Waals surface area contributed by atoms with E-state index in [1.165, 1.54) is 7.11 Å². The Morgan fingerprint density at radius 1 is 1.33 bits per heavy atom. The summed E-state index contributed by atoms with van der Waals surface area (Å²) in [6, 6.07) is -0.243. The summed E-state index contributed by atoms with van der Waals surface area (Å²) in [5.74, 6) is -0.300. The third kappa shape index (κ3) is 4.18. The van der Waals surface area contributed by atoms with E-state index in [1.807, 2.05) is 20.8 Å². The van der Waals surface area contributed by atoms with Crippen LogP contribution in [-0.4, -0.2) is 54.8 Å². The van der Waals surface area contributed by atoms with Gasteiger partial charge in [-0.25, -0.2) is 4.79 Å². The van der Waals surface area contributed by atoms with Crippen LogP contribution < -0.4 is 5.32 Å². The molecule has 1 aliphatic heterocycles. The summed E-state index contributed by atoms with van der Waals surface area (Å²) in [7, 11) is 1.36. The second kappa shape index (κ2) is 5.56. The topological polar surface area (TPSA) is 67.9 Å². The van der Waals surface area contributed by atoms with E-state index in [4.69, 9.17) is 4.74 Å². The summed E-state index contributed by atoms with van der Waals surface area (Å²) in [6.07, 6.45) is -0.314. The van der Waals surface area contributed by atoms with Crippen molar-refractivity contribution in [2.24, 2.45) is 0 Å². The Morgan fingerprint density at radius 2 is 1.89 bits per heavy atom. The van der Waals surface area contributed by atoms with Crippen LogP contribution in [0.25, 0.3) is 0 Å². The van der Waals surface area contributed by atoms with Crippen molar-refractivity contribution in [2.75, 3.05) is 20.2 Å². The number of carbonyl (C=O) groups excluding carboxylic acids is 2. The molecule has 6 heteroatoms. The van der Waals surface area contributed by atoms with E-state index in [0.29, 0.717) is 13.1 Å². The Balaban J connectivity index is 2.28. The van der Waals surface area contributed by atoms with Gasteiger partial charge in [-0.2, -0.15) is 0 Å². The Kier molecular flexibility index (Phi) is 4.56. The van der Waals surface area contributed by atoms with Gasteiger partial charge in [0.2, 0.25) is 0 Å². The molecule has 1 N–H and O–H groups in total. The lowest BCUT2D eigenvalue weighted by molar-refractivity contribution is -0.143. The fourth-order valence-corrected chi connectivity index (χ4v) is 1.66. The van der Waals surface area contributed by atoms with Crippen LogP contribution in [0.15, 0.2) is 0 Å². The summed E-state index contributed by atoms with van der Waals surface area (Å²) in [5, 5.41) is 3.09. The van der Waals surface area contributed by atoms with Gasteiger partial charge in [0.05, 0.1) is 7.11 Å². The first-order valence-corrected chi connectivity index (χ1v) is 6.04. The molecule has 1 unspecified atom stereocenters. The van der Waals surface area contributed by atoms with Crippen molar-refractivity contribution < 1.29 is 19.1 Å². The van der Waals surface area contributed by atoms with Gasteiger partial charge in [0.15, 0.2) is 0 Å². The third-order valence-electron chi connectivity index (χ3n) is 2.57. The highest BCUT2D eigenvalue weighted by molar-refractivity contribution is 5.75. The van der Waals surface area contributed by atoms with E-state index in [2.05, 4.69) is 10.1 Å². The van der Waals surface area contributed by atoms with E-state index < -0.39 is 5.60 Å². The molecule has 104 valence electrons. The predicted octanol–water partition coefficient (Wildman–Crippen LogP) is 0.757. The van der Waals surface area contributed by atoms with E-state index in [0.717, 1.165) is 0 Å². The van der Waals surface area contributed by atoms with Crippen LogP contribution in [-0.2, 0) is 14.3 Å². The van der Waals surface area contributed by atoms with Crippen LogP contribution >= 0.6 is 0 Å². The summed E-state index contributed by atoms with van der Waals surface area (Å²) < 4.78 is 9.85. The maximum absolute atomic E-state index is 11.6. The van der Waals surface area contributed by atoms with Gasteiger partial charge in [0.1, 0.15) is 11.6 Å². The van der Waals surface area contributed by atoms with Gasteiger partial charge in [-0.1, -0.05) is 0 Å². The van der Waals surface area contributed by atoms with Crippen LogP contribution in [0.2, 0.25) is 0 Å². The molecule has 0 spiro atoms. The van der Waals surface area contributed by atoms with Crippen LogP contribution in [0.1, 0.15) is 27.7 Å². The van der Waals surface area contributed by atoms with E-state index in [9.17, 15) is 9.59 Å². The number of ether oxygens (including phenoxy) is 2. The SMILES string of the molecule is COC(=O)C(C)NC1CN(C(=O)OC(C)(C)C)C1. The molecule has 0 radical (unpaired) electrons. The van der Waals surface area contributed by atoms with Gasteiger partial charge < -0.3 is 14.4 Å². The van der Waals surface area contributed by atoms with E-state index in [1.54, 1.807) is 11.8 Å². The minimum absolute atomic E-state index is 0.117. The number of rotatable bonds is 3. The summed E-state index contributed by atoms with van der Waals surface area (Å²) in [6.45, 7) is 8.34. The fraction of sp³-hybridized carbons (Fsp3) is 0.833. The molecule has 0 bridgehead atoms. The molecule has 1 saturated heterocycles. The van der Waals surface area contributed by atoms with Gasteiger partial charge in [0.25, 0.3) is 0 Å². The van der Waals surface area contributed by atoms with Gasteiger partial charge in [0, 0.05) is 19.1 Å². The first-order valence-electron chi connectivity index (χ1n) is 6.04. The zero-order valence-corrected chi connectivity index (χ0v) is 11.6. The predicted molar refractivity (Wildman–Crippen MR) is 66.2 cm³/mol. The summed E-state index contributed by atoms with van der Waals surface area (Å²) >= 11 is 0. The number of nitrogens with one attached hydrogen (secondary N) is 1. The second-order valence-electron chi connectivity index (χ2n) is 5.49. The van der Waals surface area contributed by atoms with Crippen molar-refractivity contribution in [1.29, 1.82) is 0 Å². The molecule has 1 aliphatic rings. The molecule has 1 atom stereocenters. The number of carbonyl (C=O) groups is 2. The number of hydrogen-bond acceptors (Lipinski definition) is 5. The monoisotopic (exact) mass is 258 g/mol. The maximum atomic E-state index is 11.6. The molecule has 6 nitrogen and oxygen atoms in total. The zero-order valence-electron chi connectivity index (χ0n) is 11.6. The van der Waals surface area contributed by atoms with Gasteiger partial charge in [-0.05, 0) is 27.7 Å². The van der Waals surface area contributed by atoms with Crippen molar-refractivity contribution in [1.82, 2.24) is 10.2 Å². The van der Waals surface area contributed by atoms with Crippen molar-refractivity contribution >= 4 is 12.1 Å². The third-order valence-corrected chi connectivity index (χ3v) is 2.57. The highest BCUT2D eigenvalue weighted by atomic mass is 16.6. The zero-order chi connectivity index (χ0) is 13.9. The molecule has 0 aromatic carbocycles. The fourth-order valence-electron chi connectivity index (χ4n) is 1.66. The molecule has 0 aromatic rings. The van der Waals surface area contributed by atoms with Crippen molar-refractivity contribution in [3.8, 4) is 0 Å². The molecule has 1 amide bonds. The van der Waals surface area contributed by atoms with E-state index >= 15 is 0 Å². The Morgan fingerprint density at radius 3 is 2.33 bits per heavy atom. The molecule has 0 aromatic heterocycles. The lowest BCUT2D eigenvalue weighted by Gasteiger charge is -2.40. The maximum Gasteiger partial charge on any atom is 0.410 e. The van der Waals surface area contributed by atoms with Crippen molar-refractivity contribution in [2.45, 2.75) is 45.4 Å². The molecule has 0 aliphatic carbocycles. The minimum atomic E-state index is -0.477. The quantitative estimate of drug-likeness (QED) is 0.757. The summed E-state index contributed by atoms with van der Waals surface area (Å²) in [5.41, 5.74) is -0.477. The number of methoxy groups -OCH3 is 1. The van der Waals surface area contributed by atoms with Gasteiger partial charge >= 0.3 is 12.1 Å². The number of hydrogen-bond donors (Lipinski definition) is 1. The van der Waals surface area contributed by atoms with Crippen LogP contribution in [0.4, 0.5) is 4.79 Å². The van der Waals surface area contributed by atoms with Crippen molar-refractivity contribution in [3.05, 3.63) is 0 Å². The number of nitrogens with zero attached hydrogens (tertiary/aromatic N) is 1. The molecular formula is C12H22N2O4.